The van der Waals surface area contributed by atoms with Crippen molar-refractivity contribution in [3.8, 4) is 0 Å². The third-order valence-corrected chi connectivity index (χ3v) is 3.77. The highest BCUT2D eigenvalue weighted by Crippen LogP contribution is 2.32. The third-order valence-electron chi connectivity index (χ3n) is 3.77. The highest BCUT2D eigenvalue weighted by molar-refractivity contribution is 5.47. The zero-order chi connectivity index (χ0) is 13.8. The van der Waals surface area contributed by atoms with Crippen LogP contribution in [0.25, 0.3) is 0 Å². The Balaban J connectivity index is 2.04. The van der Waals surface area contributed by atoms with Crippen LogP contribution in [-0.2, 0) is 0 Å². The SMILES string of the molecule is CCC(O)c1ccc(N(CCC(C)C)C2CC2)cn1. The van der Waals surface area contributed by atoms with Gasteiger partial charge >= 0.3 is 0 Å². The quantitative estimate of drug-likeness (QED) is 0.816. The highest BCUT2D eigenvalue weighted by atomic mass is 16.3. The fourth-order valence-electron chi connectivity index (χ4n) is 2.28. The van der Waals surface area contributed by atoms with Crippen molar-refractivity contribution < 1.29 is 5.11 Å². The van der Waals surface area contributed by atoms with Crippen molar-refractivity contribution in [1.82, 2.24) is 4.98 Å². The van der Waals surface area contributed by atoms with E-state index in [1.165, 1.54) is 24.9 Å². The number of rotatable bonds is 7. The van der Waals surface area contributed by atoms with Crippen LogP contribution in [0.5, 0.6) is 0 Å². The molecule has 0 spiro atoms. The first-order chi connectivity index (χ1) is 9.11. The third kappa shape index (κ3) is 3.93. The maximum Gasteiger partial charge on any atom is 0.0957 e. The molecule has 1 fully saturated rings. The molecule has 1 unspecified atom stereocenters. The van der Waals surface area contributed by atoms with Crippen molar-refractivity contribution >= 4 is 5.69 Å². The molecule has 0 saturated heterocycles. The first-order valence-electron chi connectivity index (χ1n) is 7.52. The molecule has 0 radical (unpaired) electrons. The van der Waals surface area contributed by atoms with Crippen LogP contribution in [0.15, 0.2) is 18.3 Å². The van der Waals surface area contributed by atoms with E-state index in [1.807, 2.05) is 19.2 Å². The van der Waals surface area contributed by atoms with E-state index >= 15 is 0 Å². The fraction of sp³-hybridized carbons (Fsp3) is 0.688. The van der Waals surface area contributed by atoms with Gasteiger partial charge in [-0.3, -0.25) is 4.98 Å². The van der Waals surface area contributed by atoms with Gasteiger partial charge in [-0.25, -0.2) is 0 Å². The molecule has 1 aliphatic rings. The predicted molar refractivity (Wildman–Crippen MR) is 79.3 cm³/mol. The van der Waals surface area contributed by atoms with Crippen LogP contribution < -0.4 is 4.90 Å². The van der Waals surface area contributed by atoms with Crippen molar-refractivity contribution in [2.45, 2.75) is 58.6 Å². The monoisotopic (exact) mass is 262 g/mol. The molecule has 0 bridgehead atoms. The molecule has 1 saturated carbocycles. The predicted octanol–water partition coefficient (Wildman–Crippen LogP) is 3.54. The summed E-state index contributed by atoms with van der Waals surface area (Å²) in [5.74, 6) is 0.732. The molecular weight excluding hydrogens is 236 g/mol. The van der Waals surface area contributed by atoms with Crippen molar-refractivity contribution in [3.05, 3.63) is 24.0 Å². The largest absolute Gasteiger partial charge is 0.387 e. The molecule has 1 heterocycles. The molecule has 19 heavy (non-hydrogen) atoms. The van der Waals surface area contributed by atoms with Gasteiger partial charge in [0, 0.05) is 12.6 Å². The van der Waals surface area contributed by atoms with E-state index in [0.717, 1.165) is 18.2 Å². The average molecular weight is 262 g/mol. The van der Waals surface area contributed by atoms with Crippen molar-refractivity contribution in [1.29, 1.82) is 0 Å². The molecule has 1 atom stereocenters. The minimum Gasteiger partial charge on any atom is -0.387 e. The Labute approximate surface area is 116 Å². The lowest BCUT2D eigenvalue weighted by atomic mass is 10.1. The lowest BCUT2D eigenvalue weighted by Crippen LogP contribution is -2.27. The smallest absolute Gasteiger partial charge is 0.0957 e. The summed E-state index contributed by atoms with van der Waals surface area (Å²) in [5.41, 5.74) is 1.99. The molecule has 3 nitrogen and oxygen atoms in total. The van der Waals surface area contributed by atoms with Gasteiger partial charge in [-0.1, -0.05) is 20.8 Å². The number of aliphatic hydroxyl groups excluding tert-OH is 1. The molecule has 106 valence electrons. The molecule has 3 heteroatoms. The summed E-state index contributed by atoms with van der Waals surface area (Å²) < 4.78 is 0. The van der Waals surface area contributed by atoms with Crippen LogP contribution in [-0.4, -0.2) is 22.7 Å². The van der Waals surface area contributed by atoms with Crippen LogP contribution in [0, 0.1) is 5.92 Å². The molecular formula is C16H26N2O. The molecule has 0 aliphatic heterocycles. The van der Waals surface area contributed by atoms with Gasteiger partial charge in [0.05, 0.1) is 23.7 Å². The second kappa shape index (κ2) is 6.38. The van der Waals surface area contributed by atoms with E-state index in [9.17, 15) is 5.11 Å². The summed E-state index contributed by atoms with van der Waals surface area (Å²) in [6.45, 7) is 7.62. The van der Waals surface area contributed by atoms with Crippen LogP contribution in [0.3, 0.4) is 0 Å². The highest BCUT2D eigenvalue weighted by Gasteiger charge is 2.29. The number of nitrogens with zero attached hydrogens (tertiary/aromatic N) is 2. The molecule has 1 aromatic heterocycles. The van der Waals surface area contributed by atoms with E-state index in [2.05, 4.69) is 29.8 Å². The van der Waals surface area contributed by atoms with Crippen molar-refractivity contribution in [2.75, 3.05) is 11.4 Å². The minimum atomic E-state index is -0.431. The lowest BCUT2D eigenvalue weighted by molar-refractivity contribution is 0.169. The number of aliphatic hydroxyl groups is 1. The number of pyridine rings is 1. The zero-order valence-electron chi connectivity index (χ0n) is 12.3. The van der Waals surface area contributed by atoms with E-state index < -0.39 is 6.10 Å². The van der Waals surface area contributed by atoms with Gasteiger partial charge in [-0.05, 0) is 43.7 Å². The van der Waals surface area contributed by atoms with Crippen LogP contribution in [0.4, 0.5) is 5.69 Å². The molecule has 1 aromatic rings. The van der Waals surface area contributed by atoms with E-state index in [1.54, 1.807) is 0 Å². The summed E-state index contributed by atoms with van der Waals surface area (Å²) >= 11 is 0. The molecule has 2 rings (SSSR count). The van der Waals surface area contributed by atoms with Crippen LogP contribution in [0.1, 0.15) is 58.3 Å². The standard InChI is InChI=1S/C16H26N2O/c1-4-16(19)15-8-7-14(11-17-15)18(13-5-6-13)10-9-12(2)3/h7-8,11-13,16,19H,4-6,9-10H2,1-3H3. The number of anilines is 1. The maximum atomic E-state index is 9.78. The number of aromatic nitrogens is 1. The van der Waals surface area contributed by atoms with Gasteiger partial charge in [-0.15, -0.1) is 0 Å². The average Bonchev–Trinajstić information content (AvgIpc) is 3.23. The number of hydrogen-bond acceptors (Lipinski definition) is 3. The van der Waals surface area contributed by atoms with Gasteiger partial charge in [0.1, 0.15) is 0 Å². The van der Waals surface area contributed by atoms with Crippen molar-refractivity contribution in [2.24, 2.45) is 5.92 Å². The van der Waals surface area contributed by atoms with Gasteiger partial charge in [-0.2, -0.15) is 0 Å². The Morgan fingerprint density at radius 2 is 2.11 bits per heavy atom. The Morgan fingerprint density at radius 3 is 2.58 bits per heavy atom. The first-order valence-corrected chi connectivity index (χ1v) is 7.52. The Morgan fingerprint density at radius 1 is 1.37 bits per heavy atom. The van der Waals surface area contributed by atoms with Crippen molar-refractivity contribution in [3.63, 3.8) is 0 Å². The van der Waals surface area contributed by atoms with Gasteiger partial charge in [0.15, 0.2) is 0 Å². The van der Waals surface area contributed by atoms with E-state index in [-0.39, 0.29) is 0 Å². The molecule has 0 amide bonds. The minimum absolute atomic E-state index is 0.431. The normalized spacial score (nSPS) is 16.7. The molecule has 1 aliphatic carbocycles. The zero-order valence-corrected chi connectivity index (χ0v) is 12.3. The van der Waals surface area contributed by atoms with E-state index in [4.69, 9.17) is 0 Å². The fourth-order valence-corrected chi connectivity index (χ4v) is 2.28. The first kappa shape index (κ1) is 14.3. The Kier molecular flexibility index (Phi) is 4.81. The summed E-state index contributed by atoms with van der Waals surface area (Å²) in [6, 6.07) is 4.79. The van der Waals surface area contributed by atoms with Crippen LogP contribution >= 0.6 is 0 Å². The van der Waals surface area contributed by atoms with Gasteiger partial charge in [0.25, 0.3) is 0 Å². The maximum absolute atomic E-state index is 9.78. The van der Waals surface area contributed by atoms with E-state index in [0.29, 0.717) is 12.5 Å². The summed E-state index contributed by atoms with van der Waals surface area (Å²) in [4.78, 5) is 6.90. The molecule has 0 aromatic carbocycles. The lowest BCUT2D eigenvalue weighted by Gasteiger charge is -2.25. The number of hydrogen-bond donors (Lipinski definition) is 1. The van der Waals surface area contributed by atoms with Gasteiger partial charge < -0.3 is 10.0 Å². The van der Waals surface area contributed by atoms with Crippen LogP contribution in [0.2, 0.25) is 0 Å². The summed E-state index contributed by atoms with van der Waals surface area (Å²) in [5, 5.41) is 9.78. The Hall–Kier alpha value is -1.09. The Bertz CT molecular complexity index is 384. The van der Waals surface area contributed by atoms with Gasteiger partial charge in [0.2, 0.25) is 0 Å². The molecule has 1 N–H and O–H groups in total. The summed E-state index contributed by atoms with van der Waals surface area (Å²) in [6.07, 6.45) is 6.03. The topological polar surface area (TPSA) is 36.4 Å². The second-order valence-electron chi connectivity index (χ2n) is 5.97. The summed E-state index contributed by atoms with van der Waals surface area (Å²) in [7, 11) is 0. The second-order valence-corrected chi connectivity index (χ2v) is 5.97.